The number of nitrogens with one attached hydrogen (secondary N) is 2. The molecule has 0 radical (unpaired) electrons. The molecular weight excluding hydrogens is 400 g/mol. The maximum absolute atomic E-state index is 13.3. The zero-order valence-corrected chi connectivity index (χ0v) is 18.3. The second-order valence-electron chi connectivity index (χ2n) is 8.47. The highest BCUT2D eigenvalue weighted by atomic mass is 35.5. The van der Waals surface area contributed by atoms with Crippen LogP contribution in [0.4, 0.5) is 0 Å². The number of rotatable bonds is 3. The molecule has 4 heterocycles. The molecule has 2 aromatic heterocycles. The number of H-pyrrole nitrogens is 1. The van der Waals surface area contributed by atoms with E-state index in [-0.39, 0.29) is 24.2 Å². The Morgan fingerprint density at radius 1 is 1.27 bits per heavy atom. The normalized spacial score (nSPS) is 19.0. The molecule has 8 heteroatoms. The van der Waals surface area contributed by atoms with E-state index >= 15 is 0 Å². The first-order valence-electron chi connectivity index (χ1n) is 10.7. The largest absolute Gasteiger partial charge is 0.337 e. The van der Waals surface area contributed by atoms with Crippen molar-refractivity contribution >= 4 is 29.3 Å². The van der Waals surface area contributed by atoms with Crippen LogP contribution >= 0.6 is 12.4 Å². The first kappa shape index (κ1) is 20.9. The van der Waals surface area contributed by atoms with Crippen molar-refractivity contribution in [3.63, 3.8) is 0 Å². The summed E-state index contributed by atoms with van der Waals surface area (Å²) < 4.78 is 2.34. The molecule has 2 aliphatic heterocycles. The molecule has 1 unspecified atom stereocenters. The smallest absolute Gasteiger partial charge is 0.274 e. The third-order valence-corrected chi connectivity index (χ3v) is 6.22. The van der Waals surface area contributed by atoms with Gasteiger partial charge < -0.3 is 14.8 Å². The van der Waals surface area contributed by atoms with E-state index in [1.54, 1.807) is 0 Å². The summed E-state index contributed by atoms with van der Waals surface area (Å²) >= 11 is 0. The summed E-state index contributed by atoms with van der Waals surface area (Å²) in [6.45, 7) is 7.53. The number of hydrogen-bond acceptors (Lipinski definition) is 4. The van der Waals surface area contributed by atoms with Crippen molar-refractivity contribution in [2.45, 2.75) is 51.6 Å². The maximum Gasteiger partial charge on any atom is 0.274 e. The van der Waals surface area contributed by atoms with Crippen LogP contribution in [-0.2, 0) is 13.0 Å². The van der Waals surface area contributed by atoms with E-state index in [2.05, 4.69) is 52.1 Å². The van der Waals surface area contributed by atoms with Crippen LogP contribution in [0.15, 0.2) is 24.3 Å². The number of carbonyl (C=O) groups is 1. The van der Waals surface area contributed by atoms with E-state index in [0.29, 0.717) is 24.8 Å². The number of piperidine rings is 1. The minimum absolute atomic E-state index is 0. The van der Waals surface area contributed by atoms with E-state index < -0.39 is 0 Å². The third-order valence-electron chi connectivity index (χ3n) is 6.22. The fourth-order valence-corrected chi connectivity index (χ4v) is 4.82. The van der Waals surface area contributed by atoms with Crippen molar-refractivity contribution in [1.82, 2.24) is 30.0 Å². The molecule has 1 aromatic carbocycles. The van der Waals surface area contributed by atoms with E-state index in [0.717, 1.165) is 55.0 Å². The predicted octanol–water partition coefficient (Wildman–Crippen LogP) is 3.43. The number of para-hydroxylation sites is 2. The Bertz CT molecular complexity index is 1060. The highest BCUT2D eigenvalue weighted by Crippen LogP contribution is 2.32. The zero-order valence-electron chi connectivity index (χ0n) is 17.5. The fourth-order valence-electron chi connectivity index (χ4n) is 4.82. The van der Waals surface area contributed by atoms with Crippen molar-refractivity contribution in [2.75, 3.05) is 19.6 Å². The molecule has 1 saturated heterocycles. The Balaban J connectivity index is 0.00000218. The van der Waals surface area contributed by atoms with Gasteiger partial charge in [0.05, 0.1) is 11.0 Å². The predicted molar refractivity (Wildman–Crippen MR) is 119 cm³/mol. The summed E-state index contributed by atoms with van der Waals surface area (Å²) in [5.74, 6) is 1.39. The summed E-state index contributed by atoms with van der Waals surface area (Å²) in [4.78, 5) is 20.2. The Labute approximate surface area is 182 Å². The first-order chi connectivity index (χ1) is 14.1. The molecule has 7 nitrogen and oxygen atoms in total. The standard InChI is InChI=1S/C22H28N6O.ClH/c1-14(2)28-19-8-4-3-7-18(19)24-21(28)15-6-5-11-27(13-15)22(29)20-16-12-23-10-9-17(16)25-26-20;/h3-4,7-8,14-15,23H,5-6,9-13H2,1-2H3,(H,25,26);1H. The quantitative estimate of drug-likeness (QED) is 0.669. The molecule has 2 aliphatic rings. The van der Waals surface area contributed by atoms with Crippen molar-refractivity contribution < 1.29 is 4.79 Å². The van der Waals surface area contributed by atoms with Crippen LogP contribution in [0, 0.1) is 0 Å². The van der Waals surface area contributed by atoms with Gasteiger partial charge in [0.2, 0.25) is 0 Å². The molecule has 3 aromatic rings. The number of aromatic nitrogens is 4. The number of hydrogen-bond donors (Lipinski definition) is 2. The molecule has 2 N–H and O–H groups in total. The highest BCUT2D eigenvalue weighted by molar-refractivity contribution is 5.94. The Kier molecular flexibility index (Phi) is 5.84. The highest BCUT2D eigenvalue weighted by Gasteiger charge is 2.32. The van der Waals surface area contributed by atoms with Gasteiger partial charge >= 0.3 is 0 Å². The van der Waals surface area contributed by atoms with Gasteiger partial charge in [0.15, 0.2) is 5.69 Å². The monoisotopic (exact) mass is 428 g/mol. The second-order valence-corrected chi connectivity index (χ2v) is 8.47. The molecule has 1 fully saturated rings. The zero-order chi connectivity index (χ0) is 20.0. The Morgan fingerprint density at radius 3 is 2.93 bits per heavy atom. The molecule has 5 rings (SSSR count). The molecule has 0 bridgehead atoms. The minimum Gasteiger partial charge on any atom is -0.337 e. The number of amides is 1. The number of likely N-dealkylation sites (tertiary alicyclic amines) is 1. The summed E-state index contributed by atoms with van der Waals surface area (Å²) in [7, 11) is 0. The molecular formula is C22H29ClN6O. The summed E-state index contributed by atoms with van der Waals surface area (Å²) in [5.41, 5.74) is 4.94. The maximum atomic E-state index is 13.3. The van der Waals surface area contributed by atoms with Crippen LogP contribution in [0.25, 0.3) is 11.0 Å². The van der Waals surface area contributed by atoms with Gasteiger partial charge in [0.25, 0.3) is 5.91 Å². The van der Waals surface area contributed by atoms with Gasteiger partial charge in [-0.1, -0.05) is 12.1 Å². The first-order valence-corrected chi connectivity index (χ1v) is 10.7. The Morgan fingerprint density at radius 2 is 2.10 bits per heavy atom. The van der Waals surface area contributed by atoms with E-state index in [1.807, 2.05) is 11.0 Å². The lowest BCUT2D eigenvalue weighted by atomic mass is 9.96. The average molecular weight is 429 g/mol. The minimum atomic E-state index is 0. The van der Waals surface area contributed by atoms with Gasteiger partial charge in [0, 0.05) is 55.8 Å². The summed E-state index contributed by atoms with van der Waals surface area (Å²) in [6, 6.07) is 8.65. The van der Waals surface area contributed by atoms with Crippen molar-refractivity contribution in [2.24, 2.45) is 0 Å². The SMILES string of the molecule is CC(C)n1c(C2CCCN(C(=O)c3n[nH]c4c3CNCC4)C2)nc2ccccc21.Cl. The van der Waals surface area contributed by atoms with E-state index in [1.165, 1.54) is 5.52 Å². The number of aromatic amines is 1. The van der Waals surface area contributed by atoms with E-state index in [9.17, 15) is 4.79 Å². The van der Waals surface area contributed by atoms with Crippen LogP contribution in [0.1, 0.15) is 66.2 Å². The van der Waals surface area contributed by atoms with E-state index in [4.69, 9.17) is 4.98 Å². The topological polar surface area (TPSA) is 78.8 Å². The van der Waals surface area contributed by atoms with Crippen LogP contribution < -0.4 is 5.32 Å². The molecule has 30 heavy (non-hydrogen) atoms. The molecule has 1 atom stereocenters. The number of nitrogens with zero attached hydrogens (tertiary/aromatic N) is 4. The van der Waals surface area contributed by atoms with Gasteiger partial charge in [-0.15, -0.1) is 12.4 Å². The number of carbonyl (C=O) groups excluding carboxylic acids is 1. The van der Waals surface area contributed by atoms with Crippen LogP contribution in [0.3, 0.4) is 0 Å². The Hall–Kier alpha value is -2.38. The number of imidazole rings is 1. The van der Waals surface area contributed by atoms with Crippen LogP contribution in [0.5, 0.6) is 0 Å². The third kappa shape index (κ3) is 3.50. The fraction of sp³-hybridized carbons (Fsp3) is 0.500. The molecule has 0 saturated carbocycles. The molecule has 0 aliphatic carbocycles. The van der Waals surface area contributed by atoms with Crippen LogP contribution in [0.2, 0.25) is 0 Å². The lowest BCUT2D eigenvalue weighted by Crippen LogP contribution is -2.40. The molecule has 0 spiro atoms. The summed E-state index contributed by atoms with van der Waals surface area (Å²) in [5, 5.41) is 10.8. The van der Waals surface area contributed by atoms with Gasteiger partial charge in [-0.25, -0.2) is 4.98 Å². The second kappa shape index (κ2) is 8.40. The molecule has 1 amide bonds. The van der Waals surface area contributed by atoms with Gasteiger partial charge in [-0.05, 0) is 38.8 Å². The van der Waals surface area contributed by atoms with Crippen molar-refractivity contribution in [3.8, 4) is 0 Å². The van der Waals surface area contributed by atoms with Crippen LogP contribution in [-0.4, -0.2) is 50.2 Å². The number of fused-ring (bicyclic) bond motifs is 2. The lowest BCUT2D eigenvalue weighted by molar-refractivity contribution is 0.0696. The van der Waals surface area contributed by atoms with Crippen molar-refractivity contribution in [1.29, 1.82) is 0 Å². The number of benzene rings is 1. The molecule has 160 valence electrons. The van der Waals surface area contributed by atoms with Crippen molar-refractivity contribution in [3.05, 3.63) is 47.0 Å². The number of halogens is 1. The van der Waals surface area contributed by atoms with Gasteiger partial charge in [0.1, 0.15) is 5.82 Å². The van der Waals surface area contributed by atoms with Gasteiger partial charge in [-0.2, -0.15) is 5.10 Å². The lowest BCUT2D eigenvalue weighted by Gasteiger charge is -2.33. The summed E-state index contributed by atoms with van der Waals surface area (Å²) in [6.07, 6.45) is 2.94. The average Bonchev–Trinajstić information content (AvgIpc) is 3.35. The van der Waals surface area contributed by atoms with Gasteiger partial charge in [-0.3, -0.25) is 9.89 Å².